The smallest absolute Gasteiger partial charge is 0.303 e. The van der Waals surface area contributed by atoms with Crippen molar-refractivity contribution in [2.24, 2.45) is 0 Å². The van der Waals surface area contributed by atoms with Crippen LogP contribution in [0.1, 0.15) is 41.3 Å². The number of nitrogens with one attached hydrogen (secondary N) is 1. The van der Waals surface area contributed by atoms with E-state index >= 15 is 0 Å². The molecule has 13 nitrogen and oxygen atoms in total. The summed E-state index contributed by atoms with van der Waals surface area (Å²) in [7, 11) is 0. The highest BCUT2D eigenvalue weighted by Gasteiger charge is 2.17. The number of aliphatic carboxylic acids is 2. The van der Waals surface area contributed by atoms with E-state index in [2.05, 4.69) is 25.9 Å². The summed E-state index contributed by atoms with van der Waals surface area (Å²) in [4.78, 5) is 39.2. The third-order valence-electron chi connectivity index (χ3n) is 6.59. The number of carbonyl (C=O) groups is 3. The van der Waals surface area contributed by atoms with E-state index in [-0.39, 0.29) is 18.7 Å². The molecule has 0 saturated carbocycles. The molecule has 0 fully saturated rings. The maximum absolute atomic E-state index is 12.8. The minimum atomic E-state index is -0.849. The minimum absolute atomic E-state index is 0.0530. The fourth-order valence-electron chi connectivity index (χ4n) is 4.33. The van der Waals surface area contributed by atoms with Crippen LogP contribution >= 0.6 is 0 Å². The third kappa shape index (κ3) is 7.14. The SMILES string of the molecule is CCNC(=O)c1cc(-c2cn(-c3ccc(CCC(=O)O)cc3)nn2)nc(-c2cn(-c3ccc(CCC(=O)O)cc3)nn2)c1. The second-order valence-electron chi connectivity index (χ2n) is 9.70. The number of pyridine rings is 1. The van der Waals surface area contributed by atoms with Crippen molar-refractivity contribution in [1.29, 1.82) is 0 Å². The molecule has 218 valence electrons. The van der Waals surface area contributed by atoms with Gasteiger partial charge in [-0.25, -0.2) is 14.3 Å². The van der Waals surface area contributed by atoms with Gasteiger partial charge in [0.05, 0.1) is 35.2 Å². The molecule has 0 radical (unpaired) electrons. The number of carboxylic acid groups (broad SMARTS) is 2. The molecule has 5 rings (SSSR count). The van der Waals surface area contributed by atoms with Crippen molar-refractivity contribution in [3.8, 4) is 34.2 Å². The highest BCUT2D eigenvalue weighted by atomic mass is 16.4. The molecule has 0 unspecified atom stereocenters. The van der Waals surface area contributed by atoms with Gasteiger partial charge < -0.3 is 15.5 Å². The maximum atomic E-state index is 12.8. The van der Waals surface area contributed by atoms with Gasteiger partial charge in [-0.05, 0) is 67.3 Å². The van der Waals surface area contributed by atoms with E-state index in [9.17, 15) is 14.4 Å². The van der Waals surface area contributed by atoms with Gasteiger partial charge in [-0.3, -0.25) is 14.4 Å². The highest BCUT2D eigenvalue weighted by molar-refractivity contribution is 5.96. The average molecular weight is 581 g/mol. The highest BCUT2D eigenvalue weighted by Crippen LogP contribution is 2.24. The monoisotopic (exact) mass is 580 g/mol. The topological polar surface area (TPSA) is 178 Å². The summed E-state index contributed by atoms with van der Waals surface area (Å²) >= 11 is 0. The first kappa shape index (κ1) is 28.8. The van der Waals surface area contributed by atoms with Crippen LogP contribution in [0.3, 0.4) is 0 Å². The van der Waals surface area contributed by atoms with Crippen molar-refractivity contribution < 1.29 is 24.6 Å². The van der Waals surface area contributed by atoms with Crippen LogP contribution < -0.4 is 5.32 Å². The van der Waals surface area contributed by atoms with Gasteiger partial charge in [0, 0.05) is 24.9 Å². The zero-order valence-electron chi connectivity index (χ0n) is 23.2. The number of aryl methyl sites for hydroxylation is 2. The lowest BCUT2D eigenvalue weighted by Gasteiger charge is -2.06. The van der Waals surface area contributed by atoms with Crippen molar-refractivity contribution in [1.82, 2.24) is 40.3 Å². The number of carbonyl (C=O) groups excluding carboxylic acids is 1. The van der Waals surface area contributed by atoms with Crippen LogP contribution in [0.2, 0.25) is 0 Å². The summed E-state index contributed by atoms with van der Waals surface area (Å²) < 4.78 is 3.15. The largest absolute Gasteiger partial charge is 0.481 e. The summed E-state index contributed by atoms with van der Waals surface area (Å²) in [6.07, 6.45) is 4.36. The predicted octanol–water partition coefficient (Wildman–Crippen LogP) is 3.36. The Kier molecular flexibility index (Phi) is 8.61. The molecule has 43 heavy (non-hydrogen) atoms. The van der Waals surface area contributed by atoms with E-state index in [1.165, 1.54) is 0 Å². The predicted molar refractivity (Wildman–Crippen MR) is 155 cm³/mol. The Morgan fingerprint density at radius 2 is 1.14 bits per heavy atom. The van der Waals surface area contributed by atoms with Crippen LogP contribution in [0.25, 0.3) is 34.2 Å². The van der Waals surface area contributed by atoms with Gasteiger partial charge in [-0.1, -0.05) is 34.7 Å². The summed E-state index contributed by atoms with van der Waals surface area (Å²) in [5.74, 6) is -1.98. The lowest BCUT2D eigenvalue weighted by molar-refractivity contribution is -0.138. The molecule has 3 aromatic heterocycles. The molecule has 0 spiro atoms. The van der Waals surface area contributed by atoms with Gasteiger partial charge in [-0.2, -0.15) is 0 Å². The van der Waals surface area contributed by atoms with Crippen molar-refractivity contribution in [2.45, 2.75) is 32.6 Å². The Hall–Kier alpha value is -5.72. The second-order valence-corrected chi connectivity index (χ2v) is 9.70. The van der Waals surface area contributed by atoms with Gasteiger partial charge >= 0.3 is 11.9 Å². The molecule has 3 heterocycles. The standard InChI is InChI=1S/C30H28N8O5/c1-2-31-30(43)21-15-24(26-17-37(35-33-26)22-9-3-19(4-10-22)7-13-28(39)40)32-25(16-21)27-18-38(36-34-27)23-11-5-20(6-12-23)8-14-29(41)42/h3-6,9-12,15-18H,2,7-8,13-14H2,1H3,(H,31,43)(H,39,40)(H,41,42). The number of hydrogen-bond donors (Lipinski definition) is 3. The Morgan fingerprint density at radius 3 is 1.53 bits per heavy atom. The third-order valence-corrected chi connectivity index (χ3v) is 6.59. The van der Waals surface area contributed by atoms with Gasteiger partial charge in [-0.15, -0.1) is 10.2 Å². The van der Waals surface area contributed by atoms with Crippen LogP contribution in [-0.4, -0.2) is 69.6 Å². The van der Waals surface area contributed by atoms with E-state index in [0.717, 1.165) is 22.5 Å². The molecule has 0 aliphatic rings. The molecular formula is C30H28N8O5. The van der Waals surface area contributed by atoms with Crippen LogP contribution in [-0.2, 0) is 22.4 Å². The molecule has 2 aromatic carbocycles. The van der Waals surface area contributed by atoms with Crippen molar-refractivity contribution in [2.75, 3.05) is 6.54 Å². The molecule has 5 aromatic rings. The summed E-state index contributed by atoms with van der Waals surface area (Å²) in [6.45, 7) is 2.28. The van der Waals surface area contributed by atoms with Gasteiger partial charge in [0.15, 0.2) is 0 Å². The van der Waals surface area contributed by atoms with Crippen molar-refractivity contribution in [3.05, 3.63) is 89.7 Å². The molecule has 0 bridgehead atoms. The zero-order chi connectivity index (χ0) is 30.3. The Morgan fingerprint density at radius 1 is 0.698 bits per heavy atom. The molecule has 1 amide bonds. The van der Waals surface area contributed by atoms with Crippen molar-refractivity contribution >= 4 is 17.8 Å². The zero-order valence-corrected chi connectivity index (χ0v) is 23.2. The first-order chi connectivity index (χ1) is 20.8. The first-order valence-electron chi connectivity index (χ1n) is 13.6. The van der Waals surface area contributed by atoms with E-state index in [0.29, 0.717) is 47.7 Å². The average Bonchev–Trinajstić information content (AvgIpc) is 3.71. The van der Waals surface area contributed by atoms with Gasteiger partial charge in [0.2, 0.25) is 0 Å². The number of nitrogens with zero attached hydrogens (tertiary/aromatic N) is 7. The van der Waals surface area contributed by atoms with Crippen molar-refractivity contribution in [3.63, 3.8) is 0 Å². The summed E-state index contributed by atoms with van der Waals surface area (Å²) in [5, 5.41) is 37.6. The number of hydrogen-bond acceptors (Lipinski definition) is 8. The lowest BCUT2D eigenvalue weighted by atomic mass is 10.1. The fourth-order valence-corrected chi connectivity index (χ4v) is 4.33. The molecule has 13 heteroatoms. The first-order valence-corrected chi connectivity index (χ1v) is 13.6. The molecule has 0 saturated heterocycles. The van der Waals surface area contributed by atoms with E-state index in [1.807, 2.05) is 55.5 Å². The van der Waals surface area contributed by atoms with Crippen LogP contribution in [0.15, 0.2) is 73.1 Å². The molecule has 3 N–H and O–H groups in total. The second kappa shape index (κ2) is 12.9. The minimum Gasteiger partial charge on any atom is -0.481 e. The normalized spacial score (nSPS) is 10.9. The molecular weight excluding hydrogens is 552 g/mol. The number of benzene rings is 2. The Balaban J connectivity index is 1.42. The fraction of sp³-hybridized carbons (Fsp3) is 0.200. The van der Waals surface area contributed by atoms with Gasteiger partial charge in [0.25, 0.3) is 5.91 Å². The summed E-state index contributed by atoms with van der Waals surface area (Å²) in [6, 6.07) is 18.0. The van der Waals surface area contributed by atoms with Crippen LogP contribution in [0, 0.1) is 0 Å². The molecule has 0 aliphatic heterocycles. The maximum Gasteiger partial charge on any atom is 0.303 e. The Labute approximate surface area is 245 Å². The number of amides is 1. The van der Waals surface area contributed by atoms with E-state index in [4.69, 9.17) is 15.2 Å². The molecule has 0 aliphatic carbocycles. The van der Waals surface area contributed by atoms with E-state index < -0.39 is 11.9 Å². The quantitative estimate of drug-likeness (QED) is 0.198. The number of rotatable bonds is 12. The Bertz CT molecular complexity index is 1640. The van der Waals surface area contributed by atoms with E-state index in [1.54, 1.807) is 33.9 Å². The molecule has 0 atom stereocenters. The van der Waals surface area contributed by atoms with Crippen LogP contribution in [0.5, 0.6) is 0 Å². The van der Waals surface area contributed by atoms with Gasteiger partial charge in [0.1, 0.15) is 11.4 Å². The lowest BCUT2D eigenvalue weighted by Crippen LogP contribution is -2.22. The van der Waals surface area contributed by atoms with Crippen LogP contribution in [0.4, 0.5) is 0 Å². The number of aromatic nitrogens is 7. The summed E-state index contributed by atoms with van der Waals surface area (Å²) in [5.41, 5.74) is 5.34. The number of carboxylic acids is 2.